The van der Waals surface area contributed by atoms with Gasteiger partial charge in [-0.1, -0.05) is 41.0 Å². The van der Waals surface area contributed by atoms with Crippen LogP contribution < -0.4 is 5.32 Å². The Morgan fingerprint density at radius 1 is 1.17 bits per heavy atom. The average molecular weight is 254 g/mol. The van der Waals surface area contributed by atoms with Gasteiger partial charge in [0.1, 0.15) is 0 Å². The molecule has 2 nitrogen and oxygen atoms in total. The van der Waals surface area contributed by atoms with Gasteiger partial charge in [-0.25, -0.2) is 0 Å². The first-order chi connectivity index (χ1) is 8.44. The van der Waals surface area contributed by atoms with Crippen molar-refractivity contribution < 1.29 is 0 Å². The number of hydrogen-bond donors (Lipinski definition) is 1. The maximum Gasteiger partial charge on any atom is 0.0198 e. The Kier molecular flexibility index (Phi) is 6.65. The lowest BCUT2D eigenvalue weighted by Crippen LogP contribution is -2.49. The standard InChI is InChI=1S/C16H34N2/c1-6-8-9-18-12-14(11-16(3,4)5)10-15(13-18)17-7-2/h14-15,17H,6-13H2,1-5H3. The Morgan fingerprint density at radius 3 is 2.44 bits per heavy atom. The number of hydrogen-bond acceptors (Lipinski definition) is 2. The zero-order valence-corrected chi connectivity index (χ0v) is 13.3. The van der Waals surface area contributed by atoms with E-state index in [-0.39, 0.29) is 0 Å². The van der Waals surface area contributed by atoms with Gasteiger partial charge < -0.3 is 10.2 Å². The van der Waals surface area contributed by atoms with E-state index in [0.717, 1.165) is 12.5 Å². The first-order valence-corrected chi connectivity index (χ1v) is 7.90. The van der Waals surface area contributed by atoms with Gasteiger partial charge in [0.05, 0.1) is 0 Å². The van der Waals surface area contributed by atoms with Gasteiger partial charge in [-0.2, -0.15) is 0 Å². The van der Waals surface area contributed by atoms with E-state index in [0.29, 0.717) is 11.5 Å². The van der Waals surface area contributed by atoms with Gasteiger partial charge in [0.15, 0.2) is 0 Å². The second-order valence-electron chi connectivity index (χ2n) is 7.23. The smallest absolute Gasteiger partial charge is 0.0198 e. The molecule has 1 aliphatic heterocycles. The molecule has 1 aliphatic rings. The molecule has 0 aliphatic carbocycles. The van der Waals surface area contributed by atoms with Crippen LogP contribution in [0.1, 0.15) is 60.3 Å². The van der Waals surface area contributed by atoms with E-state index in [1.54, 1.807) is 0 Å². The van der Waals surface area contributed by atoms with Crippen LogP contribution in [0.25, 0.3) is 0 Å². The van der Waals surface area contributed by atoms with Crippen LogP contribution >= 0.6 is 0 Å². The molecule has 0 radical (unpaired) electrons. The highest BCUT2D eigenvalue weighted by Gasteiger charge is 2.29. The molecule has 2 atom stereocenters. The number of likely N-dealkylation sites (N-methyl/N-ethyl adjacent to an activating group) is 1. The van der Waals surface area contributed by atoms with E-state index in [1.807, 2.05) is 0 Å². The quantitative estimate of drug-likeness (QED) is 0.780. The number of likely N-dealkylation sites (tertiary alicyclic amines) is 1. The van der Waals surface area contributed by atoms with Gasteiger partial charge in [-0.3, -0.25) is 0 Å². The summed E-state index contributed by atoms with van der Waals surface area (Å²) in [6, 6.07) is 0.716. The average Bonchev–Trinajstić information content (AvgIpc) is 2.24. The van der Waals surface area contributed by atoms with Gasteiger partial charge in [-0.05, 0) is 43.7 Å². The molecule has 1 saturated heterocycles. The molecule has 0 aromatic carbocycles. The van der Waals surface area contributed by atoms with Crippen molar-refractivity contribution in [2.45, 2.75) is 66.3 Å². The molecule has 0 bridgehead atoms. The van der Waals surface area contributed by atoms with Crippen molar-refractivity contribution in [3.8, 4) is 0 Å². The molecule has 0 spiro atoms. The van der Waals surface area contributed by atoms with Gasteiger partial charge in [0.2, 0.25) is 0 Å². The fourth-order valence-electron chi connectivity index (χ4n) is 3.32. The highest BCUT2D eigenvalue weighted by molar-refractivity contribution is 4.85. The molecule has 1 rings (SSSR count). The fourth-order valence-corrected chi connectivity index (χ4v) is 3.32. The summed E-state index contributed by atoms with van der Waals surface area (Å²) < 4.78 is 0. The van der Waals surface area contributed by atoms with Gasteiger partial charge in [-0.15, -0.1) is 0 Å². The van der Waals surface area contributed by atoms with E-state index in [9.17, 15) is 0 Å². The topological polar surface area (TPSA) is 15.3 Å². The molecule has 0 aromatic rings. The van der Waals surface area contributed by atoms with Crippen molar-refractivity contribution in [3.63, 3.8) is 0 Å². The molecule has 108 valence electrons. The number of nitrogens with zero attached hydrogens (tertiary/aromatic N) is 1. The maximum atomic E-state index is 3.66. The summed E-state index contributed by atoms with van der Waals surface area (Å²) in [5.41, 5.74) is 0.467. The van der Waals surface area contributed by atoms with Gasteiger partial charge >= 0.3 is 0 Å². The lowest BCUT2D eigenvalue weighted by Gasteiger charge is -2.40. The van der Waals surface area contributed by atoms with E-state index in [4.69, 9.17) is 0 Å². The summed E-state index contributed by atoms with van der Waals surface area (Å²) in [5, 5.41) is 3.66. The Bertz CT molecular complexity index is 220. The van der Waals surface area contributed by atoms with Crippen molar-refractivity contribution in [2.75, 3.05) is 26.2 Å². The highest BCUT2D eigenvalue weighted by atomic mass is 15.2. The number of nitrogens with one attached hydrogen (secondary N) is 1. The Labute approximate surface area is 115 Å². The molecular formula is C16H34N2. The van der Waals surface area contributed by atoms with Crippen LogP contribution in [0.4, 0.5) is 0 Å². The zero-order valence-electron chi connectivity index (χ0n) is 13.3. The minimum absolute atomic E-state index is 0.467. The summed E-state index contributed by atoms with van der Waals surface area (Å²) >= 11 is 0. The van der Waals surface area contributed by atoms with Crippen molar-refractivity contribution in [1.29, 1.82) is 0 Å². The van der Waals surface area contributed by atoms with E-state index >= 15 is 0 Å². The van der Waals surface area contributed by atoms with Crippen LogP contribution in [0.5, 0.6) is 0 Å². The largest absolute Gasteiger partial charge is 0.313 e. The van der Waals surface area contributed by atoms with Crippen molar-refractivity contribution in [1.82, 2.24) is 10.2 Å². The van der Waals surface area contributed by atoms with Crippen LogP contribution in [-0.2, 0) is 0 Å². The molecule has 2 heteroatoms. The van der Waals surface area contributed by atoms with E-state index < -0.39 is 0 Å². The first kappa shape index (κ1) is 16.0. The molecule has 1 N–H and O–H groups in total. The fraction of sp³-hybridized carbons (Fsp3) is 1.00. The number of unbranched alkanes of at least 4 members (excludes halogenated alkanes) is 1. The summed E-state index contributed by atoms with van der Waals surface area (Å²) in [6.45, 7) is 16.6. The van der Waals surface area contributed by atoms with Crippen molar-refractivity contribution in [2.24, 2.45) is 11.3 Å². The lowest BCUT2D eigenvalue weighted by molar-refractivity contribution is 0.113. The van der Waals surface area contributed by atoms with Gasteiger partial charge in [0.25, 0.3) is 0 Å². The molecular weight excluding hydrogens is 220 g/mol. The second-order valence-corrected chi connectivity index (χ2v) is 7.23. The molecule has 18 heavy (non-hydrogen) atoms. The number of piperidine rings is 1. The van der Waals surface area contributed by atoms with E-state index in [2.05, 4.69) is 44.8 Å². The minimum Gasteiger partial charge on any atom is -0.313 e. The van der Waals surface area contributed by atoms with Crippen LogP contribution in [0.2, 0.25) is 0 Å². The third-order valence-corrected chi connectivity index (χ3v) is 3.83. The number of rotatable bonds is 6. The molecule has 0 aromatic heterocycles. The van der Waals surface area contributed by atoms with Crippen LogP contribution in [0.15, 0.2) is 0 Å². The third kappa shape index (κ3) is 6.19. The van der Waals surface area contributed by atoms with Crippen molar-refractivity contribution in [3.05, 3.63) is 0 Å². The SMILES string of the molecule is CCCCN1CC(CC(C)(C)C)CC(NCC)C1. The normalized spacial score (nSPS) is 26.5. The monoisotopic (exact) mass is 254 g/mol. The van der Waals surface area contributed by atoms with Crippen LogP contribution in [0, 0.1) is 11.3 Å². The molecule has 1 fully saturated rings. The first-order valence-electron chi connectivity index (χ1n) is 7.90. The Balaban J connectivity index is 2.50. The lowest BCUT2D eigenvalue weighted by atomic mass is 9.80. The maximum absolute atomic E-state index is 3.66. The highest BCUT2D eigenvalue weighted by Crippen LogP contribution is 2.30. The summed E-state index contributed by atoms with van der Waals surface area (Å²) in [6.07, 6.45) is 5.39. The van der Waals surface area contributed by atoms with Crippen LogP contribution in [-0.4, -0.2) is 37.1 Å². The van der Waals surface area contributed by atoms with Crippen molar-refractivity contribution >= 4 is 0 Å². The molecule has 0 saturated carbocycles. The Morgan fingerprint density at radius 2 is 1.89 bits per heavy atom. The second kappa shape index (κ2) is 7.49. The minimum atomic E-state index is 0.467. The van der Waals surface area contributed by atoms with Crippen LogP contribution in [0.3, 0.4) is 0 Å². The molecule has 0 amide bonds. The molecule has 1 heterocycles. The Hall–Kier alpha value is -0.0800. The zero-order chi connectivity index (χ0) is 13.6. The van der Waals surface area contributed by atoms with E-state index in [1.165, 1.54) is 45.3 Å². The third-order valence-electron chi connectivity index (χ3n) is 3.83. The predicted molar refractivity (Wildman–Crippen MR) is 81.0 cm³/mol. The summed E-state index contributed by atoms with van der Waals surface area (Å²) in [5.74, 6) is 0.875. The van der Waals surface area contributed by atoms with Gasteiger partial charge in [0, 0.05) is 19.1 Å². The summed E-state index contributed by atoms with van der Waals surface area (Å²) in [4.78, 5) is 2.69. The molecule has 2 unspecified atom stereocenters. The summed E-state index contributed by atoms with van der Waals surface area (Å²) in [7, 11) is 0. The predicted octanol–water partition coefficient (Wildman–Crippen LogP) is 3.52.